The van der Waals surface area contributed by atoms with Crippen LogP contribution in [0.2, 0.25) is 0 Å². The third kappa shape index (κ3) is 2.48. The molecule has 94 valence electrons. The summed E-state index contributed by atoms with van der Waals surface area (Å²) in [5.41, 5.74) is 0.563. The number of nitrogens with one attached hydrogen (secondary N) is 1. The van der Waals surface area contributed by atoms with E-state index in [1.807, 2.05) is 13.8 Å². The Kier molecular flexibility index (Phi) is 3.27. The van der Waals surface area contributed by atoms with E-state index in [1.165, 1.54) is 12.3 Å². The highest BCUT2D eigenvalue weighted by Gasteiger charge is 2.13. The SMILES string of the molecule is CC(C)n1cc(NC(=O)c2ncccc2O)cn1. The molecule has 0 atom stereocenters. The summed E-state index contributed by atoms with van der Waals surface area (Å²) in [6.07, 6.45) is 4.73. The predicted molar refractivity (Wildman–Crippen MR) is 66.5 cm³/mol. The van der Waals surface area contributed by atoms with Gasteiger partial charge in [0, 0.05) is 18.4 Å². The van der Waals surface area contributed by atoms with E-state index in [0.717, 1.165) is 0 Å². The van der Waals surface area contributed by atoms with Gasteiger partial charge in [-0.2, -0.15) is 5.10 Å². The zero-order valence-electron chi connectivity index (χ0n) is 10.2. The largest absolute Gasteiger partial charge is 0.505 e. The standard InChI is InChI=1S/C12H14N4O2/c1-8(2)16-7-9(6-14-16)15-12(18)11-10(17)4-3-5-13-11/h3-8,17H,1-2H3,(H,15,18). The lowest BCUT2D eigenvalue weighted by molar-refractivity contribution is 0.101. The van der Waals surface area contributed by atoms with Crippen molar-refractivity contribution in [1.29, 1.82) is 0 Å². The Morgan fingerprint density at radius 1 is 1.50 bits per heavy atom. The lowest BCUT2D eigenvalue weighted by Gasteiger charge is -2.04. The van der Waals surface area contributed by atoms with E-state index in [1.54, 1.807) is 23.1 Å². The van der Waals surface area contributed by atoms with E-state index in [9.17, 15) is 9.90 Å². The van der Waals surface area contributed by atoms with Crippen LogP contribution in [0.3, 0.4) is 0 Å². The molecule has 0 radical (unpaired) electrons. The maximum absolute atomic E-state index is 11.8. The lowest BCUT2D eigenvalue weighted by atomic mass is 10.3. The van der Waals surface area contributed by atoms with Crippen LogP contribution in [0, 0.1) is 0 Å². The average molecular weight is 246 g/mol. The van der Waals surface area contributed by atoms with Crippen LogP contribution >= 0.6 is 0 Å². The van der Waals surface area contributed by atoms with Crippen molar-refractivity contribution in [3.63, 3.8) is 0 Å². The van der Waals surface area contributed by atoms with Crippen molar-refractivity contribution < 1.29 is 9.90 Å². The van der Waals surface area contributed by atoms with Crippen molar-refractivity contribution in [2.45, 2.75) is 19.9 Å². The molecule has 0 fully saturated rings. The molecule has 18 heavy (non-hydrogen) atoms. The normalized spacial score (nSPS) is 10.6. The summed E-state index contributed by atoms with van der Waals surface area (Å²) >= 11 is 0. The summed E-state index contributed by atoms with van der Waals surface area (Å²) < 4.78 is 1.73. The number of rotatable bonds is 3. The van der Waals surface area contributed by atoms with Gasteiger partial charge in [-0.1, -0.05) is 0 Å². The van der Waals surface area contributed by atoms with Gasteiger partial charge in [0.15, 0.2) is 5.69 Å². The molecule has 0 bridgehead atoms. The van der Waals surface area contributed by atoms with Crippen LogP contribution in [-0.2, 0) is 0 Å². The number of nitrogens with zero attached hydrogens (tertiary/aromatic N) is 3. The van der Waals surface area contributed by atoms with Crippen LogP contribution in [0.1, 0.15) is 30.4 Å². The second-order valence-electron chi connectivity index (χ2n) is 4.13. The molecule has 6 nitrogen and oxygen atoms in total. The first-order chi connectivity index (χ1) is 8.58. The molecular formula is C12H14N4O2. The van der Waals surface area contributed by atoms with Crippen LogP contribution in [0.4, 0.5) is 5.69 Å². The maximum Gasteiger partial charge on any atom is 0.278 e. The molecule has 0 unspecified atom stereocenters. The first kappa shape index (κ1) is 12.1. The summed E-state index contributed by atoms with van der Waals surface area (Å²) in [7, 11) is 0. The van der Waals surface area contributed by atoms with Gasteiger partial charge >= 0.3 is 0 Å². The molecule has 1 amide bonds. The molecule has 0 aliphatic rings. The van der Waals surface area contributed by atoms with Gasteiger partial charge in [0.1, 0.15) is 5.75 Å². The van der Waals surface area contributed by atoms with Gasteiger partial charge in [0.2, 0.25) is 0 Å². The van der Waals surface area contributed by atoms with Crippen LogP contribution in [-0.4, -0.2) is 25.8 Å². The summed E-state index contributed by atoms with van der Waals surface area (Å²) in [5, 5.41) is 16.2. The second-order valence-corrected chi connectivity index (χ2v) is 4.13. The molecule has 0 saturated carbocycles. The number of pyridine rings is 1. The minimum Gasteiger partial charge on any atom is -0.505 e. The number of amides is 1. The molecule has 6 heteroatoms. The smallest absolute Gasteiger partial charge is 0.278 e. The third-order valence-electron chi connectivity index (χ3n) is 2.39. The van der Waals surface area contributed by atoms with E-state index in [2.05, 4.69) is 15.4 Å². The summed E-state index contributed by atoms with van der Waals surface area (Å²) in [6, 6.07) is 3.20. The molecule has 2 aromatic heterocycles. The van der Waals surface area contributed by atoms with Crippen LogP contribution in [0.5, 0.6) is 5.75 Å². The maximum atomic E-state index is 11.8. The highest BCUT2D eigenvalue weighted by molar-refractivity contribution is 6.04. The molecule has 0 saturated heterocycles. The van der Waals surface area contributed by atoms with E-state index in [4.69, 9.17) is 0 Å². The van der Waals surface area contributed by atoms with Crippen LogP contribution < -0.4 is 5.32 Å². The molecule has 0 spiro atoms. The molecule has 2 N–H and O–H groups in total. The Morgan fingerprint density at radius 2 is 2.28 bits per heavy atom. The fourth-order valence-electron chi connectivity index (χ4n) is 1.45. The molecule has 0 aromatic carbocycles. The van der Waals surface area contributed by atoms with Gasteiger partial charge in [-0.3, -0.25) is 9.48 Å². The Balaban J connectivity index is 2.14. The molecular weight excluding hydrogens is 232 g/mol. The first-order valence-corrected chi connectivity index (χ1v) is 5.57. The molecule has 0 aliphatic heterocycles. The van der Waals surface area contributed by atoms with Crippen molar-refractivity contribution in [2.75, 3.05) is 5.32 Å². The number of hydrogen-bond acceptors (Lipinski definition) is 4. The molecule has 2 heterocycles. The van der Waals surface area contributed by atoms with Crippen molar-refractivity contribution >= 4 is 11.6 Å². The van der Waals surface area contributed by atoms with Gasteiger partial charge in [0.05, 0.1) is 11.9 Å². The number of hydrogen-bond donors (Lipinski definition) is 2. The summed E-state index contributed by atoms with van der Waals surface area (Å²) in [5.74, 6) is -0.609. The van der Waals surface area contributed by atoms with Crippen molar-refractivity contribution in [3.8, 4) is 5.75 Å². The van der Waals surface area contributed by atoms with Crippen molar-refractivity contribution in [2.24, 2.45) is 0 Å². The molecule has 2 aromatic rings. The number of anilines is 1. The van der Waals surface area contributed by atoms with Gasteiger partial charge in [-0.15, -0.1) is 0 Å². The highest BCUT2D eigenvalue weighted by atomic mass is 16.3. The zero-order valence-corrected chi connectivity index (χ0v) is 10.2. The summed E-state index contributed by atoms with van der Waals surface area (Å²) in [4.78, 5) is 15.7. The Hall–Kier alpha value is -2.37. The topological polar surface area (TPSA) is 80.0 Å². The fourth-order valence-corrected chi connectivity index (χ4v) is 1.45. The quantitative estimate of drug-likeness (QED) is 0.865. The molecule has 2 rings (SSSR count). The van der Waals surface area contributed by atoms with Crippen LogP contribution in [0.15, 0.2) is 30.7 Å². The zero-order chi connectivity index (χ0) is 13.1. The van der Waals surface area contributed by atoms with Gasteiger partial charge in [0.25, 0.3) is 5.91 Å². The first-order valence-electron chi connectivity index (χ1n) is 5.57. The Labute approximate surface area is 104 Å². The monoisotopic (exact) mass is 246 g/mol. The molecule has 0 aliphatic carbocycles. The van der Waals surface area contributed by atoms with E-state index in [-0.39, 0.29) is 17.5 Å². The Bertz CT molecular complexity index is 563. The number of carbonyl (C=O) groups excluding carboxylic acids is 1. The third-order valence-corrected chi connectivity index (χ3v) is 2.39. The second kappa shape index (κ2) is 4.87. The van der Waals surface area contributed by atoms with E-state index < -0.39 is 5.91 Å². The highest BCUT2D eigenvalue weighted by Crippen LogP contribution is 2.15. The van der Waals surface area contributed by atoms with E-state index in [0.29, 0.717) is 5.69 Å². The predicted octanol–water partition coefficient (Wildman–Crippen LogP) is 1.82. The van der Waals surface area contributed by atoms with E-state index >= 15 is 0 Å². The number of carbonyl (C=O) groups is 1. The van der Waals surface area contributed by atoms with Gasteiger partial charge < -0.3 is 10.4 Å². The van der Waals surface area contributed by atoms with Crippen LogP contribution in [0.25, 0.3) is 0 Å². The number of aromatic nitrogens is 3. The number of aromatic hydroxyl groups is 1. The minimum absolute atomic E-state index is 0.00482. The lowest BCUT2D eigenvalue weighted by Crippen LogP contribution is -2.13. The van der Waals surface area contributed by atoms with Gasteiger partial charge in [-0.25, -0.2) is 4.98 Å². The Morgan fingerprint density at radius 3 is 2.89 bits per heavy atom. The average Bonchev–Trinajstić information content (AvgIpc) is 2.78. The minimum atomic E-state index is -0.462. The summed E-state index contributed by atoms with van der Waals surface area (Å²) in [6.45, 7) is 3.98. The van der Waals surface area contributed by atoms with Crippen molar-refractivity contribution in [1.82, 2.24) is 14.8 Å². The van der Waals surface area contributed by atoms with Crippen molar-refractivity contribution in [3.05, 3.63) is 36.4 Å². The van der Waals surface area contributed by atoms with Gasteiger partial charge in [-0.05, 0) is 26.0 Å². The fraction of sp³-hybridized carbons (Fsp3) is 0.250.